The maximum atomic E-state index is 13.7. The highest BCUT2D eigenvalue weighted by Crippen LogP contribution is 2.49. The van der Waals surface area contributed by atoms with Crippen molar-refractivity contribution in [3.05, 3.63) is 12.2 Å². The van der Waals surface area contributed by atoms with Gasteiger partial charge >= 0.3 is 54.2 Å². The Bertz CT molecular complexity index is 930. The molecule has 0 radical (unpaired) electrons. The van der Waals surface area contributed by atoms with Crippen LogP contribution in [-0.2, 0) is 28.5 Å². The van der Waals surface area contributed by atoms with Crippen LogP contribution in [0.1, 0.15) is 6.92 Å². The van der Waals surface area contributed by atoms with E-state index in [9.17, 15) is 92.6 Å². The van der Waals surface area contributed by atoms with Gasteiger partial charge in [-0.1, -0.05) is 6.58 Å². The highest BCUT2D eigenvalue weighted by Gasteiger charge is 2.77. The van der Waals surface area contributed by atoms with Gasteiger partial charge in [0, 0.05) is 5.57 Å². The van der Waals surface area contributed by atoms with E-state index in [4.69, 9.17) is 0 Å². The predicted octanol–water partition coefficient (Wildman–Crippen LogP) is 6.98. The van der Waals surface area contributed by atoms with Gasteiger partial charge in [0.05, 0.1) is 13.2 Å². The summed E-state index contributed by atoms with van der Waals surface area (Å²) in [4.78, 5) is 11.6. The Morgan fingerprint density at radius 3 is 1.13 bits per heavy atom. The van der Waals surface area contributed by atoms with Crippen molar-refractivity contribution in [3.8, 4) is 0 Å². The molecule has 0 saturated carbocycles. The van der Waals surface area contributed by atoms with Crippen LogP contribution in [0.25, 0.3) is 0 Å². The Balaban J connectivity index is 5.46. The van der Waals surface area contributed by atoms with Crippen LogP contribution >= 0.6 is 0 Å². The zero-order valence-electron chi connectivity index (χ0n) is 21.3. The Kier molecular flexibility index (Phi) is 13.4. The molecule has 0 aliphatic heterocycles. The molecular formula is C19H16F20O6. The Morgan fingerprint density at radius 2 is 0.889 bits per heavy atom. The van der Waals surface area contributed by atoms with Gasteiger partial charge in [0.25, 0.3) is 12.7 Å². The minimum Gasteiger partial charge on any atom is -0.454 e. The van der Waals surface area contributed by atoms with E-state index in [-0.39, 0.29) is 0 Å². The first-order valence-electron chi connectivity index (χ1n) is 10.7. The maximum Gasteiger partial charge on any atom is 0.462 e. The molecule has 6 nitrogen and oxygen atoms in total. The molecule has 0 spiro atoms. The Morgan fingerprint density at radius 1 is 0.600 bits per heavy atom. The van der Waals surface area contributed by atoms with Crippen molar-refractivity contribution >= 4 is 5.97 Å². The van der Waals surface area contributed by atoms with Gasteiger partial charge in [-0.3, -0.25) is 9.47 Å². The molecule has 26 heteroatoms. The fourth-order valence-corrected chi connectivity index (χ4v) is 2.06. The summed E-state index contributed by atoms with van der Waals surface area (Å²) in [6.07, 6.45) is -40.3. The van der Waals surface area contributed by atoms with Crippen molar-refractivity contribution in [2.75, 3.05) is 26.4 Å². The molecule has 0 N–H and O–H groups in total. The first-order chi connectivity index (χ1) is 19.7. The summed E-state index contributed by atoms with van der Waals surface area (Å²) in [7, 11) is 0. The van der Waals surface area contributed by atoms with Crippen LogP contribution in [0.4, 0.5) is 87.8 Å². The zero-order chi connectivity index (χ0) is 36.3. The van der Waals surface area contributed by atoms with Crippen LogP contribution in [-0.4, -0.2) is 99.5 Å². The van der Waals surface area contributed by atoms with E-state index in [1.165, 1.54) is 0 Å². The second-order valence-corrected chi connectivity index (χ2v) is 8.41. The predicted molar refractivity (Wildman–Crippen MR) is 100 cm³/mol. The fraction of sp³-hybridized carbons (Fsp3) is 0.842. The highest BCUT2D eigenvalue weighted by molar-refractivity contribution is 5.87. The third-order valence-corrected chi connectivity index (χ3v) is 4.43. The van der Waals surface area contributed by atoms with Crippen LogP contribution in [0.5, 0.6) is 0 Å². The van der Waals surface area contributed by atoms with Gasteiger partial charge in [0.2, 0.25) is 0 Å². The number of hydrogen-bond donors (Lipinski definition) is 0. The first-order valence-corrected chi connectivity index (χ1v) is 10.7. The molecule has 0 aliphatic rings. The van der Waals surface area contributed by atoms with Crippen LogP contribution in [0, 0.1) is 0 Å². The normalized spacial score (nSPS) is 16.7. The molecule has 0 amide bonds. The number of halogens is 20. The van der Waals surface area contributed by atoms with E-state index in [0.717, 1.165) is 6.92 Å². The fourth-order valence-electron chi connectivity index (χ4n) is 2.06. The molecule has 268 valence electrons. The lowest BCUT2D eigenvalue weighted by Crippen LogP contribution is -2.56. The summed E-state index contributed by atoms with van der Waals surface area (Å²) in [5.41, 5.74) is -0.564. The largest absolute Gasteiger partial charge is 0.462 e. The van der Waals surface area contributed by atoms with E-state index in [2.05, 4.69) is 30.3 Å². The maximum absolute atomic E-state index is 13.7. The average Bonchev–Trinajstić information content (AvgIpc) is 2.81. The van der Waals surface area contributed by atoms with Gasteiger partial charge in [0.15, 0.2) is 0 Å². The summed E-state index contributed by atoms with van der Waals surface area (Å²) < 4.78 is 274. The van der Waals surface area contributed by atoms with Crippen LogP contribution < -0.4 is 0 Å². The van der Waals surface area contributed by atoms with E-state index >= 15 is 0 Å². The SMILES string of the molecule is C=C(C)C(=O)OC(COCC(F)(F)C(F)OC(F)(F)C(F)(F)C(F)(F)F)COCC(F)(F)C(F)OC(F)(F)C(F)(F)C(F)(F)F. The molecular weight excluding hydrogens is 704 g/mol. The number of hydrogen-bond acceptors (Lipinski definition) is 6. The Labute approximate surface area is 236 Å². The minimum absolute atomic E-state index is 0.564. The quantitative estimate of drug-likeness (QED) is 0.0866. The monoisotopic (exact) mass is 720 g/mol. The zero-order valence-corrected chi connectivity index (χ0v) is 21.3. The third-order valence-electron chi connectivity index (χ3n) is 4.43. The van der Waals surface area contributed by atoms with Gasteiger partial charge in [-0.05, 0) is 6.92 Å². The van der Waals surface area contributed by atoms with Gasteiger partial charge in [-0.2, -0.15) is 79.0 Å². The summed E-state index contributed by atoms with van der Waals surface area (Å²) >= 11 is 0. The number of carbonyl (C=O) groups is 1. The first kappa shape index (κ1) is 42.6. The number of carbonyl (C=O) groups excluding carboxylic acids is 1. The van der Waals surface area contributed by atoms with E-state index in [1.807, 2.05) is 0 Å². The van der Waals surface area contributed by atoms with Crippen LogP contribution in [0.3, 0.4) is 0 Å². The van der Waals surface area contributed by atoms with Crippen molar-refractivity contribution in [3.63, 3.8) is 0 Å². The molecule has 2 unspecified atom stereocenters. The smallest absolute Gasteiger partial charge is 0.454 e. The van der Waals surface area contributed by atoms with Crippen LogP contribution in [0.15, 0.2) is 12.2 Å². The van der Waals surface area contributed by atoms with Crippen molar-refractivity contribution < 1.29 is 116 Å². The molecule has 0 heterocycles. The molecule has 0 fully saturated rings. The van der Waals surface area contributed by atoms with E-state index in [1.54, 1.807) is 0 Å². The summed E-state index contributed by atoms with van der Waals surface area (Å²) in [6, 6.07) is 0. The van der Waals surface area contributed by atoms with E-state index in [0.29, 0.717) is 0 Å². The lowest BCUT2D eigenvalue weighted by atomic mass is 10.3. The molecule has 0 aromatic carbocycles. The molecule has 0 aromatic heterocycles. The highest BCUT2D eigenvalue weighted by atomic mass is 19.4. The molecule has 0 saturated heterocycles. The molecule has 2 atom stereocenters. The molecule has 0 aliphatic carbocycles. The summed E-state index contributed by atoms with van der Waals surface area (Å²) in [5.74, 6) is -27.0. The van der Waals surface area contributed by atoms with Crippen LogP contribution in [0.2, 0.25) is 0 Å². The van der Waals surface area contributed by atoms with Gasteiger partial charge in [-0.25, -0.2) is 13.6 Å². The average molecular weight is 720 g/mol. The molecule has 0 bridgehead atoms. The molecule has 0 rings (SSSR count). The number of ether oxygens (including phenoxy) is 5. The second kappa shape index (κ2) is 14.2. The number of esters is 1. The third kappa shape index (κ3) is 10.9. The van der Waals surface area contributed by atoms with E-state index < -0.39 is 105 Å². The van der Waals surface area contributed by atoms with Crippen molar-refractivity contribution in [1.29, 1.82) is 0 Å². The number of rotatable bonds is 18. The standard InChI is InChI=1S/C19H16F20O6/c1-7(2)9(40)43-8(3-41-5-12(22,23)10(20)44-18(36,37)14(26,27)16(30,31)32)4-42-6-13(24,25)11(21)45-19(38,39)15(28,29)17(33,34)35/h8,10-11H,1,3-6H2,2H3. The Hall–Kier alpha value is -2.35. The topological polar surface area (TPSA) is 63.2 Å². The van der Waals surface area contributed by atoms with Gasteiger partial charge in [-0.15, -0.1) is 0 Å². The second-order valence-electron chi connectivity index (χ2n) is 8.41. The number of alkyl halides is 20. The van der Waals surface area contributed by atoms with Gasteiger partial charge < -0.3 is 14.2 Å². The summed E-state index contributed by atoms with van der Waals surface area (Å²) in [5, 5.41) is 0. The lowest BCUT2D eigenvalue weighted by Gasteiger charge is -2.31. The summed E-state index contributed by atoms with van der Waals surface area (Å²) in [6.45, 7) is -4.56. The van der Waals surface area contributed by atoms with Crippen molar-refractivity contribution in [2.24, 2.45) is 0 Å². The minimum atomic E-state index is -7.19. The molecule has 45 heavy (non-hydrogen) atoms. The van der Waals surface area contributed by atoms with Crippen molar-refractivity contribution in [2.45, 2.75) is 74.0 Å². The van der Waals surface area contributed by atoms with Crippen molar-refractivity contribution in [1.82, 2.24) is 0 Å². The lowest BCUT2D eigenvalue weighted by molar-refractivity contribution is -0.451. The molecule has 0 aromatic rings. The van der Waals surface area contributed by atoms with Gasteiger partial charge in [0.1, 0.15) is 19.3 Å².